The Labute approximate surface area is 121 Å². The van der Waals surface area contributed by atoms with Crippen LogP contribution in [0.25, 0.3) is 0 Å². The first-order chi connectivity index (χ1) is 9.57. The van der Waals surface area contributed by atoms with E-state index in [0.29, 0.717) is 0 Å². The van der Waals surface area contributed by atoms with Crippen molar-refractivity contribution in [2.75, 3.05) is 24.7 Å². The van der Waals surface area contributed by atoms with Crippen molar-refractivity contribution < 1.29 is 42.0 Å². The van der Waals surface area contributed by atoms with E-state index in [9.17, 15) is 25.3 Å². The van der Waals surface area contributed by atoms with Crippen molar-refractivity contribution in [2.24, 2.45) is 11.8 Å². The van der Waals surface area contributed by atoms with Gasteiger partial charge in [-0.15, -0.1) is 0 Å². The van der Waals surface area contributed by atoms with E-state index < -0.39 is 66.2 Å². The van der Waals surface area contributed by atoms with Crippen LogP contribution < -0.4 is 0 Å². The number of hydrogen-bond acceptors (Lipinski definition) is 10. The number of hydrogen-bond donors (Lipinski definition) is 0. The van der Waals surface area contributed by atoms with Gasteiger partial charge in [0.25, 0.3) is 20.2 Å². The molecule has 0 aromatic rings. The van der Waals surface area contributed by atoms with Crippen molar-refractivity contribution in [3.63, 3.8) is 0 Å². The van der Waals surface area contributed by atoms with Gasteiger partial charge < -0.3 is 0 Å². The SMILES string of the molecule is O=S1(=O)CC(C2OS(=O)(=O)OC2C2COS(=O)(=O)C2)CO1. The maximum Gasteiger partial charge on any atom is 0.400 e. The van der Waals surface area contributed by atoms with E-state index in [1.54, 1.807) is 0 Å². The first-order valence-corrected chi connectivity index (χ1v) is 10.4. The van der Waals surface area contributed by atoms with Crippen molar-refractivity contribution in [3.8, 4) is 0 Å². The van der Waals surface area contributed by atoms with Crippen LogP contribution in [0.5, 0.6) is 0 Å². The second-order valence-corrected chi connectivity index (χ2v) is 9.64. The van der Waals surface area contributed by atoms with Gasteiger partial charge in [-0.25, -0.2) is 8.37 Å². The van der Waals surface area contributed by atoms with Crippen LogP contribution in [0.1, 0.15) is 0 Å². The van der Waals surface area contributed by atoms with Gasteiger partial charge in [0.1, 0.15) is 12.2 Å². The highest BCUT2D eigenvalue weighted by molar-refractivity contribution is 7.87. The molecule has 0 spiro atoms. The van der Waals surface area contributed by atoms with Crippen LogP contribution in [0, 0.1) is 11.8 Å². The molecule has 21 heavy (non-hydrogen) atoms. The molecular weight excluding hydrogens is 352 g/mol. The lowest BCUT2D eigenvalue weighted by molar-refractivity contribution is 0.0562. The third kappa shape index (κ3) is 3.23. The number of rotatable bonds is 2. The van der Waals surface area contributed by atoms with Gasteiger partial charge in [0, 0.05) is 11.8 Å². The summed E-state index contributed by atoms with van der Waals surface area (Å²) in [5, 5.41) is 0. The Morgan fingerprint density at radius 2 is 1.05 bits per heavy atom. The molecule has 3 fully saturated rings. The van der Waals surface area contributed by atoms with E-state index in [4.69, 9.17) is 8.37 Å². The summed E-state index contributed by atoms with van der Waals surface area (Å²) < 4.78 is 86.8. The molecule has 3 rings (SSSR count). The van der Waals surface area contributed by atoms with Gasteiger partial charge in [-0.3, -0.25) is 8.37 Å². The minimum atomic E-state index is -4.29. The minimum Gasteiger partial charge on any atom is -0.270 e. The largest absolute Gasteiger partial charge is 0.400 e. The predicted octanol–water partition coefficient (Wildman–Crippen LogP) is -2.03. The van der Waals surface area contributed by atoms with Crippen LogP contribution in [0.3, 0.4) is 0 Å². The average Bonchev–Trinajstić information content (AvgIpc) is 2.94. The molecule has 0 aromatic heterocycles. The normalized spacial score (nSPS) is 44.0. The van der Waals surface area contributed by atoms with Crippen LogP contribution in [-0.2, 0) is 47.4 Å². The maximum atomic E-state index is 11.5. The molecule has 4 unspecified atom stereocenters. The van der Waals surface area contributed by atoms with E-state index in [-0.39, 0.29) is 13.2 Å². The smallest absolute Gasteiger partial charge is 0.270 e. The molecular formula is C8H12O10S3. The Morgan fingerprint density at radius 1 is 0.667 bits per heavy atom. The molecule has 0 bridgehead atoms. The highest BCUT2D eigenvalue weighted by Gasteiger charge is 2.53. The zero-order valence-electron chi connectivity index (χ0n) is 10.4. The quantitative estimate of drug-likeness (QED) is 0.504. The van der Waals surface area contributed by atoms with Crippen molar-refractivity contribution >= 4 is 30.6 Å². The van der Waals surface area contributed by atoms with E-state index in [1.165, 1.54) is 0 Å². The molecule has 122 valence electrons. The molecule has 0 aromatic carbocycles. The Kier molecular flexibility index (Phi) is 3.59. The van der Waals surface area contributed by atoms with Crippen molar-refractivity contribution in [2.45, 2.75) is 12.2 Å². The van der Waals surface area contributed by atoms with Crippen LogP contribution in [0.15, 0.2) is 0 Å². The van der Waals surface area contributed by atoms with Gasteiger partial charge in [0.05, 0.1) is 24.7 Å². The molecule has 3 saturated heterocycles. The molecule has 3 aliphatic heterocycles. The fraction of sp³-hybridized carbons (Fsp3) is 1.00. The highest BCUT2D eigenvalue weighted by atomic mass is 32.3. The van der Waals surface area contributed by atoms with Crippen LogP contribution >= 0.6 is 0 Å². The molecule has 13 heteroatoms. The van der Waals surface area contributed by atoms with Gasteiger partial charge in [-0.2, -0.15) is 25.3 Å². The minimum absolute atomic E-state index is 0.233. The Hall–Kier alpha value is -0.310. The molecule has 10 nitrogen and oxygen atoms in total. The molecule has 0 N–H and O–H groups in total. The Bertz CT molecular complexity index is 677. The van der Waals surface area contributed by atoms with Gasteiger partial charge in [-0.1, -0.05) is 0 Å². The summed E-state index contributed by atoms with van der Waals surface area (Å²) in [6, 6.07) is 0. The standard InChI is InChI=1S/C8H12O10S3/c9-19(10)3-5(1-15-19)7-8(18-21(13,14)17-7)6-2-16-20(11,12)4-6/h5-8H,1-4H2. The molecule has 0 amide bonds. The third-order valence-corrected chi connectivity index (χ3v) is 7.05. The summed E-state index contributed by atoms with van der Waals surface area (Å²) in [6.07, 6.45) is -2.23. The first kappa shape index (κ1) is 15.6. The molecule has 0 aliphatic carbocycles. The lowest BCUT2D eigenvalue weighted by Gasteiger charge is -2.21. The summed E-state index contributed by atoms with van der Waals surface area (Å²) in [5.74, 6) is -2.32. The summed E-state index contributed by atoms with van der Waals surface area (Å²) in [6.45, 7) is -0.467. The molecule has 0 radical (unpaired) electrons. The molecule has 0 saturated carbocycles. The summed E-state index contributed by atoms with van der Waals surface area (Å²) in [4.78, 5) is 0. The van der Waals surface area contributed by atoms with E-state index >= 15 is 0 Å². The zero-order valence-corrected chi connectivity index (χ0v) is 12.9. The fourth-order valence-corrected chi connectivity index (χ4v) is 6.28. The van der Waals surface area contributed by atoms with Crippen LogP contribution in [-0.4, -0.2) is 62.2 Å². The first-order valence-electron chi connectivity index (χ1n) is 5.93. The third-order valence-electron chi connectivity index (χ3n) is 3.47. The summed E-state index contributed by atoms with van der Waals surface area (Å²) in [7, 11) is -11.7. The van der Waals surface area contributed by atoms with Gasteiger partial charge in [0.2, 0.25) is 0 Å². The van der Waals surface area contributed by atoms with Crippen molar-refractivity contribution in [1.82, 2.24) is 0 Å². The van der Waals surface area contributed by atoms with E-state index in [0.717, 1.165) is 0 Å². The predicted molar refractivity (Wildman–Crippen MR) is 65.1 cm³/mol. The Morgan fingerprint density at radius 3 is 1.33 bits per heavy atom. The fourth-order valence-electron chi connectivity index (χ4n) is 2.58. The van der Waals surface area contributed by atoms with Crippen LogP contribution in [0.2, 0.25) is 0 Å². The lowest BCUT2D eigenvalue weighted by Crippen LogP contribution is -2.39. The topological polar surface area (TPSA) is 139 Å². The van der Waals surface area contributed by atoms with E-state index in [1.807, 2.05) is 0 Å². The van der Waals surface area contributed by atoms with Gasteiger partial charge >= 0.3 is 10.4 Å². The summed E-state index contributed by atoms with van der Waals surface area (Å²) >= 11 is 0. The monoisotopic (exact) mass is 364 g/mol. The van der Waals surface area contributed by atoms with Gasteiger partial charge in [0.15, 0.2) is 0 Å². The molecule has 3 heterocycles. The highest BCUT2D eigenvalue weighted by Crippen LogP contribution is 2.36. The van der Waals surface area contributed by atoms with Crippen molar-refractivity contribution in [3.05, 3.63) is 0 Å². The van der Waals surface area contributed by atoms with Crippen molar-refractivity contribution in [1.29, 1.82) is 0 Å². The molecule has 4 atom stereocenters. The maximum absolute atomic E-state index is 11.5. The van der Waals surface area contributed by atoms with E-state index in [2.05, 4.69) is 8.37 Å². The van der Waals surface area contributed by atoms with Crippen LogP contribution in [0.4, 0.5) is 0 Å². The second kappa shape index (κ2) is 4.84. The Balaban J connectivity index is 1.84. The lowest BCUT2D eigenvalue weighted by atomic mass is 9.92. The average molecular weight is 364 g/mol. The second-order valence-electron chi connectivity index (χ2n) is 5.07. The summed E-state index contributed by atoms with van der Waals surface area (Å²) in [5.41, 5.74) is 0. The van der Waals surface area contributed by atoms with Gasteiger partial charge in [-0.05, 0) is 0 Å². The molecule has 3 aliphatic rings. The zero-order chi connectivity index (χ0) is 15.5.